The van der Waals surface area contributed by atoms with Crippen LogP contribution in [0, 0.1) is 0 Å². The van der Waals surface area contributed by atoms with Crippen molar-refractivity contribution in [3.63, 3.8) is 0 Å². The fourth-order valence-corrected chi connectivity index (χ4v) is 1.41. The molecule has 1 nitrogen and oxygen atoms in total. The maximum absolute atomic E-state index is 12.7. The van der Waals surface area contributed by atoms with Crippen molar-refractivity contribution in [3.8, 4) is 0 Å². The number of rotatable bonds is 2. The van der Waals surface area contributed by atoms with Crippen molar-refractivity contribution in [2.45, 2.75) is 25.6 Å². The van der Waals surface area contributed by atoms with Crippen LogP contribution in [-0.4, -0.2) is 7.05 Å². The van der Waals surface area contributed by atoms with Gasteiger partial charge in [-0.25, -0.2) is 0 Å². The van der Waals surface area contributed by atoms with E-state index in [9.17, 15) is 13.2 Å². The summed E-state index contributed by atoms with van der Waals surface area (Å²) < 4.78 is 38.1. The molecule has 0 spiro atoms. The minimum absolute atomic E-state index is 0.264. The number of hydrogen-bond acceptors (Lipinski definition) is 1. The van der Waals surface area contributed by atoms with Gasteiger partial charge in [0, 0.05) is 5.54 Å². The summed E-state index contributed by atoms with van der Waals surface area (Å²) >= 11 is 0. The lowest BCUT2D eigenvalue weighted by Gasteiger charge is -2.28. The molecule has 0 amide bonds. The number of hydrogen-bond donors (Lipinski definition) is 1. The SMILES string of the molecule is CNC(C)(C)c1ccccc1C(F)(F)F. The highest BCUT2D eigenvalue weighted by atomic mass is 19.4. The van der Waals surface area contributed by atoms with E-state index >= 15 is 0 Å². The second-order valence-electron chi connectivity index (χ2n) is 3.92. The van der Waals surface area contributed by atoms with E-state index in [2.05, 4.69) is 5.32 Å². The largest absolute Gasteiger partial charge is 0.416 e. The molecular formula is C11H14F3N. The van der Waals surface area contributed by atoms with Gasteiger partial charge in [-0.15, -0.1) is 0 Å². The van der Waals surface area contributed by atoms with Gasteiger partial charge in [-0.1, -0.05) is 18.2 Å². The van der Waals surface area contributed by atoms with Crippen molar-refractivity contribution in [1.29, 1.82) is 0 Å². The molecule has 1 aromatic rings. The molecule has 1 rings (SSSR count). The van der Waals surface area contributed by atoms with E-state index < -0.39 is 17.3 Å². The number of nitrogens with one attached hydrogen (secondary N) is 1. The summed E-state index contributed by atoms with van der Waals surface area (Å²) in [4.78, 5) is 0. The Bertz CT molecular complexity index is 342. The molecule has 15 heavy (non-hydrogen) atoms. The van der Waals surface area contributed by atoms with Crippen LogP contribution in [-0.2, 0) is 11.7 Å². The van der Waals surface area contributed by atoms with E-state index in [1.807, 2.05) is 0 Å². The van der Waals surface area contributed by atoms with Crippen LogP contribution in [0.15, 0.2) is 24.3 Å². The highest BCUT2D eigenvalue weighted by Crippen LogP contribution is 2.36. The normalized spacial score (nSPS) is 12.9. The van der Waals surface area contributed by atoms with Crippen LogP contribution in [0.5, 0.6) is 0 Å². The van der Waals surface area contributed by atoms with Crippen LogP contribution in [0.25, 0.3) is 0 Å². The van der Waals surface area contributed by atoms with Gasteiger partial charge in [-0.3, -0.25) is 0 Å². The maximum atomic E-state index is 12.7. The van der Waals surface area contributed by atoms with Crippen LogP contribution in [0.3, 0.4) is 0 Å². The third-order valence-electron chi connectivity index (χ3n) is 2.53. The summed E-state index contributed by atoms with van der Waals surface area (Å²) in [5.41, 5.74) is -1.00. The third kappa shape index (κ3) is 2.50. The fraction of sp³-hybridized carbons (Fsp3) is 0.455. The Morgan fingerprint density at radius 2 is 1.47 bits per heavy atom. The maximum Gasteiger partial charge on any atom is 0.416 e. The molecule has 0 saturated carbocycles. The predicted molar refractivity (Wildman–Crippen MR) is 53.5 cm³/mol. The highest BCUT2D eigenvalue weighted by Gasteiger charge is 2.36. The second-order valence-corrected chi connectivity index (χ2v) is 3.92. The first-order chi connectivity index (χ1) is 6.79. The highest BCUT2D eigenvalue weighted by molar-refractivity contribution is 5.34. The molecule has 0 bridgehead atoms. The molecule has 0 aliphatic carbocycles. The van der Waals surface area contributed by atoms with Crippen LogP contribution in [0.1, 0.15) is 25.0 Å². The van der Waals surface area contributed by atoms with E-state index in [1.54, 1.807) is 27.0 Å². The van der Waals surface area contributed by atoms with Gasteiger partial charge >= 0.3 is 6.18 Å². The van der Waals surface area contributed by atoms with Crippen molar-refractivity contribution in [2.24, 2.45) is 0 Å². The Balaban J connectivity index is 3.31. The molecule has 0 unspecified atom stereocenters. The molecule has 0 aliphatic heterocycles. The number of alkyl halides is 3. The zero-order valence-corrected chi connectivity index (χ0v) is 8.94. The summed E-state index contributed by atoms with van der Waals surface area (Å²) in [7, 11) is 1.65. The van der Waals surface area contributed by atoms with Crippen LogP contribution < -0.4 is 5.32 Å². The molecule has 0 aliphatic rings. The molecule has 0 radical (unpaired) electrons. The minimum atomic E-state index is -4.30. The Morgan fingerprint density at radius 1 is 1.00 bits per heavy atom. The van der Waals surface area contributed by atoms with Crippen LogP contribution in [0.2, 0.25) is 0 Å². The van der Waals surface area contributed by atoms with Crippen molar-refractivity contribution in [2.75, 3.05) is 7.05 Å². The van der Waals surface area contributed by atoms with E-state index in [0.29, 0.717) is 0 Å². The zero-order valence-electron chi connectivity index (χ0n) is 8.94. The van der Waals surface area contributed by atoms with E-state index in [1.165, 1.54) is 12.1 Å². The fourth-order valence-electron chi connectivity index (χ4n) is 1.41. The molecule has 4 heteroatoms. The number of benzene rings is 1. The first-order valence-corrected chi connectivity index (χ1v) is 4.64. The summed E-state index contributed by atoms with van der Waals surface area (Å²) in [5, 5.41) is 2.87. The Morgan fingerprint density at radius 3 is 1.87 bits per heavy atom. The Labute approximate surface area is 87.3 Å². The van der Waals surface area contributed by atoms with Gasteiger partial charge in [-0.05, 0) is 32.5 Å². The average Bonchev–Trinajstić information content (AvgIpc) is 2.16. The summed E-state index contributed by atoms with van der Waals surface area (Å²) in [5.74, 6) is 0. The van der Waals surface area contributed by atoms with Gasteiger partial charge < -0.3 is 5.32 Å². The topological polar surface area (TPSA) is 12.0 Å². The van der Waals surface area contributed by atoms with E-state index in [0.717, 1.165) is 6.07 Å². The molecule has 0 fully saturated rings. The van der Waals surface area contributed by atoms with Crippen molar-refractivity contribution >= 4 is 0 Å². The molecular weight excluding hydrogens is 203 g/mol. The lowest BCUT2D eigenvalue weighted by molar-refractivity contribution is -0.138. The van der Waals surface area contributed by atoms with Gasteiger partial charge in [0.15, 0.2) is 0 Å². The average molecular weight is 217 g/mol. The van der Waals surface area contributed by atoms with Gasteiger partial charge in [0.05, 0.1) is 5.56 Å². The van der Waals surface area contributed by atoms with E-state index in [-0.39, 0.29) is 5.56 Å². The molecule has 0 saturated heterocycles. The first kappa shape index (κ1) is 12.0. The molecule has 1 N–H and O–H groups in total. The third-order valence-corrected chi connectivity index (χ3v) is 2.53. The van der Waals surface area contributed by atoms with Gasteiger partial charge in [-0.2, -0.15) is 13.2 Å². The minimum Gasteiger partial charge on any atom is -0.311 e. The Kier molecular flexibility index (Phi) is 3.09. The summed E-state index contributed by atoms with van der Waals surface area (Å²) in [6.45, 7) is 3.44. The van der Waals surface area contributed by atoms with E-state index in [4.69, 9.17) is 0 Å². The van der Waals surface area contributed by atoms with Crippen molar-refractivity contribution < 1.29 is 13.2 Å². The molecule has 0 atom stereocenters. The smallest absolute Gasteiger partial charge is 0.311 e. The summed E-state index contributed by atoms with van der Waals surface area (Å²) in [6.07, 6.45) is -4.30. The number of halogens is 3. The second kappa shape index (κ2) is 3.85. The molecule has 0 aromatic heterocycles. The lowest BCUT2D eigenvalue weighted by Crippen LogP contribution is -2.35. The first-order valence-electron chi connectivity index (χ1n) is 4.64. The Hall–Kier alpha value is -1.03. The summed E-state index contributed by atoms with van der Waals surface area (Å²) in [6, 6.07) is 5.62. The monoisotopic (exact) mass is 217 g/mol. The predicted octanol–water partition coefficient (Wildman–Crippen LogP) is 3.16. The van der Waals surface area contributed by atoms with Crippen molar-refractivity contribution in [3.05, 3.63) is 35.4 Å². The molecule has 1 aromatic carbocycles. The van der Waals surface area contributed by atoms with Crippen molar-refractivity contribution in [1.82, 2.24) is 5.32 Å². The molecule has 0 heterocycles. The van der Waals surface area contributed by atoms with Gasteiger partial charge in [0.1, 0.15) is 0 Å². The quantitative estimate of drug-likeness (QED) is 0.802. The van der Waals surface area contributed by atoms with Crippen LogP contribution in [0.4, 0.5) is 13.2 Å². The standard InChI is InChI=1S/C11H14F3N/c1-10(2,15-3)8-6-4-5-7-9(8)11(12,13)14/h4-7,15H,1-3H3. The zero-order chi connectivity index (χ0) is 11.7. The molecule has 84 valence electrons. The van der Waals surface area contributed by atoms with Gasteiger partial charge in [0.25, 0.3) is 0 Å². The van der Waals surface area contributed by atoms with Gasteiger partial charge in [0.2, 0.25) is 0 Å². The van der Waals surface area contributed by atoms with Crippen LogP contribution >= 0.6 is 0 Å². The lowest BCUT2D eigenvalue weighted by atomic mass is 9.90.